The number of piperidine rings is 1. The van der Waals surface area contributed by atoms with Gasteiger partial charge in [-0.1, -0.05) is 17.7 Å². The summed E-state index contributed by atoms with van der Waals surface area (Å²) in [5.41, 5.74) is 0.917. The number of carbonyl (C=O) groups is 1. The third-order valence-corrected chi connectivity index (χ3v) is 6.76. The Kier molecular flexibility index (Phi) is 5.90. The van der Waals surface area contributed by atoms with Crippen molar-refractivity contribution in [2.75, 3.05) is 13.7 Å². The first-order valence-electron chi connectivity index (χ1n) is 8.59. The average molecular weight is 366 g/mol. The van der Waals surface area contributed by atoms with Crippen LogP contribution in [0.25, 0.3) is 6.08 Å². The standard InChI is InChI=1S/C19H24ClNO2S/c1-3-23-19(22)9-5-13-4-8-18(17(20)10-13)24-16-11-14-6-7-15(12-16)21(14)2/h4-5,8-10,14-16H,3,6-7,11-12H2,1-2H3. The van der Waals surface area contributed by atoms with E-state index in [9.17, 15) is 4.79 Å². The van der Waals surface area contributed by atoms with Crippen LogP contribution >= 0.6 is 23.4 Å². The van der Waals surface area contributed by atoms with Crippen molar-refractivity contribution in [3.63, 3.8) is 0 Å². The van der Waals surface area contributed by atoms with E-state index in [1.54, 1.807) is 13.0 Å². The van der Waals surface area contributed by atoms with E-state index < -0.39 is 0 Å². The summed E-state index contributed by atoms with van der Waals surface area (Å²) in [5, 5.41) is 1.41. The summed E-state index contributed by atoms with van der Waals surface area (Å²) in [7, 11) is 2.26. The van der Waals surface area contributed by atoms with Crippen molar-refractivity contribution in [2.24, 2.45) is 0 Å². The van der Waals surface area contributed by atoms with Crippen molar-refractivity contribution in [1.82, 2.24) is 4.90 Å². The molecule has 130 valence electrons. The number of fused-ring (bicyclic) bond motifs is 2. The van der Waals surface area contributed by atoms with Crippen LogP contribution in [0.1, 0.15) is 38.2 Å². The molecule has 2 bridgehead atoms. The number of ether oxygens (including phenoxy) is 1. The smallest absolute Gasteiger partial charge is 0.330 e. The van der Waals surface area contributed by atoms with Crippen molar-refractivity contribution in [3.8, 4) is 0 Å². The molecule has 0 amide bonds. The first-order chi connectivity index (χ1) is 11.6. The minimum atomic E-state index is -0.325. The summed E-state index contributed by atoms with van der Waals surface area (Å²) in [6, 6.07) is 7.48. The first kappa shape index (κ1) is 17.8. The molecule has 2 aliphatic rings. The summed E-state index contributed by atoms with van der Waals surface area (Å²) in [6.07, 6.45) is 8.36. The molecule has 3 nitrogen and oxygen atoms in total. The quantitative estimate of drug-likeness (QED) is 0.562. The van der Waals surface area contributed by atoms with E-state index in [2.05, 4.69) is 18.0 Å². The van der Waals surface area contributed by atoms with Crippen molar-refractivity contribution >= 4 is 35.4 Å². The molecule has 0 aromatic heterocycles. The highest BCUT2D eigenvalue weighted by Gasteiger charge is 2.38. The summed E-state index contributed by atoms with van der Waals surface area (Å²) >= 11 is 8.37. The fourth-order valence-corrected chi connectivity index (χ4v) is 5.34. The van der Waals surface area contributed by atoms with Gasteiger partial charge < -0.3 is 9.64 Å². The molecule has 3 rings (SSSR count). The number of hydrogen-bond donors (Lipinski definition) is 0. The van der Waals surface area contributed by atoms with E-state index in [0.29, 0.717) is 11.9 Å². The molecule has 1 aromatic carbocycles. The lowest BCUT2D eigenvalue weighted by molar-refractivity contribution is -0.137. The zero-order chi connectivity index (χ0) is 17.1. The van der Waals surface area contributed by atoms with Gasteiger partial charge in [0.25, 0.3) is 0 Å². The SMILES string of the molecule is CCOC(=O)C=Cc1ccc(SC2CC3CCC(C2)N3C)c(Cl)c1. The number of esters is 1. The number of benzene rings is 1. The van der Waals surface area contributed by atoms with Gasteiger partial charge in [-0.2, -0.15) is 0 Å². The molecule has 2 unspecified atom stereocenters. The Morgan fingerprint density at radius 3 is 2.71 bits per heavy atom. The number of halogens is 1. The average Bonchev–Trinajstić information content (AvgIpc) is 2.77. The largest absolute Gasteiger partial charge is 0.463 e. The van der Waals surface area contributed by atoms with Crippen LogP contribution in [0, 0.1) is 0 Å². The van der Waals surface area contributed by atoms with Gasteiger partial charge in [0.2, 0.25) is 0 Å². The summed E-state index contributed by atoms with van der Waals surface area (Å²) in [6.45, 7) is 2.18. The van der Waals surface area contributed by atoms with E-state index in [1.165, 1.54) is 31.8 Å². The van der Waals surface area contributed by atoms with Gasteiger partial charge in [-0.05, 0) is 63.4 Å². The van der Waals surface area contributed by atoms with Gasteiger partial charge in [0.15, 0.2) is 0 Å². The molecule has 0 N–H and O–H groups in total. The van der Waals surface area contributed by atoms with Gasteiger partial charge in [-0.15, -0.1) is 11.8 Å². The predicted molar refractivity (Wildman–Crippen MR) is 101 cm³/mol. The molecule has 24 heavy (non-hydrogen) atoms. The molecule has 2 aliphatic heterocycles. The highest BCUT2D eigenvalue weighted by molar-refractivity contribution is 8.00. The van der Waals surface area contributed by atoms with Crippen molar-refractivity contribution in [2.45, 2.75) is 54.8 Å². The summed E-state index contributed by atoms with van der Waals surface area (Å²) in [5.74, 6) is -0.325. The van der Waals surface area contributed by atoms with Crippen LogP contribution in [0.2, 0.25) is 5.02 Å². The lowest BCUT2D eigenvalue weighted by atomic mass is 10.0. The third-order valence-electron chi connectivity index (χ3n) is 5.00. The zero-order valence-electron chi connectivity index (χ0n) is 14.2. The van der Waals surface area contributed by atoms with Gasteiger partial charge >= 0.3 is 5.97 Å². The second-order valence-electron chi connectivity index (χ2n) is 6.54. The Morgan fingerprint density at radius 1 is 1.38 bits per heavy atom. The normalized spacial score (nSPS) is 26.9. The Labute approximate surface area is 153 Å². The van der Waals surface area contributed by atoms with E-state index in [1.807, 2.05) is 23.9 Å². The third kappa shape index (κ3) is 4.16. The molecule has 2 heterocycles. The fraction of sp³-hybridized carbons (Fsp3) is 0.526. The Hall–Kier alpha value is -0.970. The highest BCUT2D eigenvalue weighted by Crippen LogP contribution is 2.43. The van der Waals surface area contributed by atoms with Crippen LogP contribution in [0.3, 0.4) is 0 Å². The Bertz CT molecular complexity index is 620. The minimum Gasteiger partial charge on any atom is -0.463 e. The van der Waals surface area contributed by atoms with E-state index in [-0.39, 0.29) is 5.97 Å². The van der Waals surface area contributed by atoms with Crippen LogP contribution in [0.5, 0.6) is 0 Å². The zero-order valence-corrected chi connectivity index (χ0v) is 15.8. The van der Waals surface area contributed by atoms with E-state index in [0.717, 1.165) is 27.6 Å². The predicted octanol–water partition coefficient (Wildman–Crippen LogP) is 4.63. The first-order valence-corrected chi connectivity index (χ1v) is 9.85. The number of nitrogens with zero attached hydrogens (tertiary/aromatic N) is 1. The van der Waals surface area contributed by atoms with Crippen LogP contribution in [0.15, 0.2) is 29.2 Å². The minimum absolute atomic E-state index is 0.325. The highest BCUT2D eigenvalue weighted by atomic mass is 35.5. The lowest BCUT2D eigenvalue weighted by Crippen LogP contribution is -2.40. The molecule has 0 aliphatic carbocycles. The van der Waals surface area contributed by atoms with E-state index in [4.69, 9.17) is 16.3 Å². The summed E-state index contributed by atoms with van der Waals surface area (Å²) < 4.78 is 4.89. The number of hydrogen-bond acceptors (Lipinski definition) is 4. The number of thioether (sulfide) groups is 1. The van der Waals surface area contributed by atoms with Crippen LogP contribution < -0.4 is 0 Å². The molecular weight excluding hydrogens is 342 g/mol. The molecular formula is C19H24ClNO2S. The molecule has 2 fully saturated rings. The molecule has 0 saturated carbocycles. The van der Waals surface area contributed by atoms with Crippen molar-refractivity contribution < 1.29 is 9.53 Å². The molecule has 5 heteroatoms. The maximum absolute atomic E-state index is 11.4. The molecule has 0 spiro atoms. The maximum Gasteiger partial charge on any atom is 0.330 e. The van der Waals surface area contributed by atoms with Gasteiger partial charge in [0.05, 0.1) is 11.6 Å². The van der Waals surface area contributed by atoms with Crippen molar-refractivity contribution in [3.05, 3.63) is 34.9 Å². The van der Waals surface area contributed by atoms with Gasteiger partial charge in [0.1, 0.15) is 0 Å². The second kappa shape index (κ2) is 7.94. The molecule has 2 atom stereocenters. The number of rotatable bonds is 5. The number of carbonyl (C=O) groups excluding carboxylic acids is 1. The van der Waals surface area contributed by atoms with Crippen LogP contribution in [0.4, 0.5) is 0 Å². The molecule has 1 aromatic rings. The lowest BCUT2D eigenvalue weighted by Gasteiger charge is -2.36. The Balaban J connectivity index is 1.62. The fourth-order valence-electron chi connectivity index (χ4n) is 3.71. The van der Waals surface area contributed by atoms with Gasteiger partial charge in [0, 0.05) is 28.3 Å². The van der Waals surface area contributed by atoms with Crippen molar-refractivity contribution in [1.29, 1.82) is 0 Å². The topological polar surface area (TPSA) is 29.5 Å². The second-order valence-corrected chi connectivity index (χ2v) is 8.29. The Morgan fingerprint density at radius 2 is 2.08 bits per heavy atom. The molecule has 0 radical (unpaired) electrons. The molecule has 2 saturated heterocycles. The summed E-state index contributed by atoms with van der Waals surface area (Å²) in [4.78, 5) is 15.1. The van der Waals surface area contributed by atoms with Crippen LogP contribution in [-0.2, 0) is 9.53 Å². The maximum atomic E-state index is 11.4. The van der Waals surface area contributed by atoms with E-state index >= 15 is 0 Å². The van der Waals surface area contributed by atoms with Gasteiger partial charge in [-0.3, -0.25) is 0 Å². The monoisotopic (exact) mass is 365 g/mol. The van der Waals surface area contributed by atoms with Gasteiger partial charge in [-0.25, -0.2) is 4.79 Å². The van der Waals surface area contributed by atoms with Crippen LogP contribution in [-0.4, -0.2) is 41.9 Å².